The Bertz CT molecular complexity index is 923. The first-order valence-electron chi connectivity index (χ1n) is 8.49. The van der Waals surface area contributed by atoms with Gasteiger partial charge in [0.1, 0.15) is 5.75 Å². The maximum Gasteiger partial charge on any atom is 0.460 e. The number of carbonyl (C=O) groups excluding carboxylic acids is 2. The van der Waals surface area contributed by atoms with Gasteiger partial charge >= 0.3 is 23.9 Å². The maximum absolute atomic E-state index is 14.0. The van der Waals surface area contributed by atoms with Gasteiger partial charge in [0.25, 0.3) is 0 Å². The van der Waals surface area contributed by atoms with Gasteiger partial charge in [-0.3, -0.25) is 5.32 Å². The molecule has 0 spiro atoms. The van der Waals surface area contributed by atoms with Crippen LogP contribution < -0.4 is 15.4 Å². The van der Waals surface area contributed by atoms with E-state index in [9.17, 15) is 22.8 Å². The van der Waals surface area contributed by atoms with E-state index >= 15 is 0 Å². The lowest BCUT2D eigenvalue weighted by Crippen LogP contribution is -2.68. The first kappa shape index (κ1) is 23.6. The summed E-state index contributed by atoms with van der Waals surface area (Å²) < 4.78 is 51.1. The second kappa shape index (κ2) is 9.44. The van der Waals surface area contributed by atoms with Crippen molar-refractivity contribution in [3.8, 4) is 5.75 Å². The van der Waals surface area contributed by atoms with E-state index in [1.165, 1.54) is 47.8 Å². The van der Waals surface area contributed by atoms with Gasteiger partial charge in [-0.25, -0.2) is 9.59 Å². The molecule has 11 heteroatoms. The summed E-state index contributed by atoms with van der Waals surface area (Å²) in [4.78, 5) is 24.4. The van der Waals surface area contributed by atoms with Gasteiger partial charge in [-0.05, 0) is 42.3 Å². The molecule has 30 heavy (non-hydrogen) atoms. The fourth-order valence-corrected chi connectivity index (χ4v) is 2.67. The summed E-state index contributed by atoms with van der Waals surface area (Å²) in [7, 11) is 0.741. The molecule has 2 aromatic rings. The number of halogens is 5. The van der Waals surface area contributed by atoms with Gasteiger partial charge in [0, 0.05) is 5.69 Å². The third kappa shape index (κ3) is 5.28. The van der Waals surface area contributed by atoms with Crippen LogP contribution in [0.25, 0.3) is 0 Å². The molecule has 0 aliphatic rings. The predicted molar refractivity (Wildman–Crippen MR) is 106 cm³/mol. The molecular weight excluding hydrogens is 448 g/mol. The lowest BCUT2D eigenvalue weighted by molar-refractivity contribution is -0.258. The molecule has 2 rings (SSSR count). The third-order valence-electron chi connectivity index (χ3n) is 3.94. The van der Waals surface area contributed by atoms with Gasteiger partial charge in [-0.2, -0.15) is 13.2 Å². The predicted octanol–water partition coefficient (Wildman–Crippen LogP) is 5.19. The molecule has 1 atom stereocenters. The number of benzene rings is 2. The highest BCUT2D eigenvalue weighted by Crippen LogP contribution is 2.34. The Kier molecular flexibility index (Phi) is 7.44. The van der Waals surface area contributed by atoms with Crippen LogP contribution in [0.4, 0.5) is 23.7 Å². The van der Waals surface area contributed by atoms with Crippen LogP contribution in [0.2, 0.25) is 10.0 Å². The second-order valence-corrected chi connectivity index (χ2v) is 6.79. The molecule has 2 amide bonds. The normalized spacial score (nSPS) is 13.2. The van der Waals surface area contributed by atoms with Crippen molar-refractivity contribution in [2.24, 2.45) is 0 Å². The average Bonchev–Trinajstić information content (AvgIpc) is 2.69. The molecule has 0 aromatic heterocycles. The summed E-state index contributed by atoms with van der Waals surface area (Å²) in [5.74, 6) is -2.16. The highest BCUT2D eigenvalue weighted by Gasteiger charge is 2.66. The van der Waals surface area contributed by atoms with Gasteiger partial charge < -0.3 is 14.8 Å². The summed E-state index contributed by atoms with van der Waals surface area (Å²) in [6, 6.07) is 8.05. The zero-order chi connectivity index (χ0) is 22.5. The maximum atomic E-state index is 14.0. The van der Waals surface area contributed by atoms with Gasteiger partial charge in [-0.1, -0.05) is 42.3 Å². The van der Waals surface area contributed by atoms with Crippen molar-refractivity contribution in [3.05, 3.63) is 58.1 Å². The number of hydrogen-bond acceptors (Lipinski definition) is 4. The Morgan fingerprint density at radius 2 is 1.67 bits per heavy atom. The summed E-state index contributed by atoms with van der Waals surface area (Å²) in [6.07, 6.45) is -4.72. The van der Waals surface area contributed by atoms with E-state index in [1.54, 1.807) is 0 Å². The minimum absolute atomic E-state index is 0.0372. The van der Waals surface area contributed by atoms with Crippen LogP contribution in [0, 0.1) is 0 Å². The average molecular weight is 465 g/mol. The molecule has 0 unspecified atom stereocenters. The van der Waals surface area contributed by atoms with Crippen LogP contribution in [-0.2, 0) is 16.0 Å². The fraction of sp³-hybridized carbons (Fsp3) is 0.263. The number of urea groups is 1. The van der Waals surface area contributed by atoms with Crippen LogP contribution in [0.1, 0.15) is 12.5 Å². The molecule has 0 aliphatic carbocycles. The van der Waals surface area contributed by atoms with E-state index in [1.807, 2.05) is 6.92 Å². The number of aryl methyl sites for hydroxylation is 1. The standard InChI is InChI=1S/C19H17Cl2F3N2O4/c1-3-11-4-7-13(8-5-11)30-18(16(27)29-2,19(22,23)24)26-17(28)25-12-6-9-14(20)15(21)10-12/h4-10H,3H2,1-2H3,(H2,25,26,28)/t18-/m1/s1. The first-order chi connectivity index (χ1) is 14.0. The van der Waals surface area contributed by atoms with Crippen molar-refractivity contribution in [2.45, 2.75) is 25.2 Å². The number of alkyl halides is 3. The molecule has 2 N–H and O–H groups in total. The Morgan fingerprint density at radius 3 is 2.17 bits per heavy atom. The number of hydrogen-bond donors (Lipinski definition) is 2. The summed E-state index contributed by atoms with van der Waals surface area (Å²) in [5, 5.41) is 3.92. The summed E-state index contributed by atoms with van der Waals surface area (Å²) >= 11 is 11.6. The van der Waals surface area contributed by atoms with E-state index < -0.39 is 23.9 Å². The molecule has 0 saturated carbocycles. The summed E-state index contributed by atoms with van der Waals surface area (Å²) in [6.45, 7) is 1.86. The van der Waals surface area contributed by atoms with Gasteiger partial charge in [0.2, 0.25) is 0 Å². The molecular formula is C19H17Cl2F3N2O4. The molecule has 0 aliphatic heterocycles. The zero-order valence-electron chi connectivity index (χ0n) is 15.8. The van der Waals surface area contributed by atoms with Crippen molar-refractivity contribution < 1.29 is 32.2 Å². The molecule has 0 radical (unpaired) electrons. The van der Waals surface area contributed by atoms with Crippen molar-refractivity contribution in [2.75, 3.05) is 12.4 Å². The number of rotatable bonds is 6. The molecule has 0 fully saturated rings. The highest BCUT2D eigenvalue weighted by atomic mass is 35.5. The largest absolute Gasteiger partial charge is 0.464 e. The highest BCUT2D eigenvalue weighted by molar-refractivity contribution is 6.42. The molecule has 162 valence electrons. The molecule has 0 heterocycles. The van der Waals surface area contributed by atoms with E-state index in [4.69, 9.17) is 27.9 Å². The lowest BCUT2D eigenvalue weighted by Gasteiger charge is -2.33. The molecule has 6 nitrogen and oxygen atoms in total. The van der Waals surface area contributed by atoms with Crippen LogP contribution in [0.15, 0.2) is 42.5 Å². The number of nitrogens with one attached hydrogen (secondary N) is 2. The van der Waals surface area contributed by atoms with Crippen molar-refractivity contribution in [1.82, 2.24) is 5.32 Å². The Balaban J connectivity index is 2.36. The van der Waals surface area contributed by atoms with Crippen LogP contribution in [0.5, 0.6) is 5.75 Å². The zero-order valence-corrected chi connectivity index (χ0v) is 17.3. The first-order valence-corrected chi connectivity index (χ1v) is 9.25. The van der Waals surface area contributed by atoms with E-state index in [-0.39, 0.29) is 21.5 Å². The molecule has 0 bridgehead atoms. The fourth-order valence-electron chi connectivity index (χ4n) is 2.37. The minimum atomic E-state index is -5.36. The lowest BCUT2D eigenvalue weighted by atomic mass is 10.1. The van der Waals surface area contributed by atoms with Crippen molar-refractivity contribution >= 4 is 40.9 Å². The number of esters is 1. The quantitative estimate of drug-likeness (QED) is 0.455. The van der Waals surface area contributed by atoms with Crippen LogP contribution in [-0.4, -0.2) is 31.0 Å². The van der Waals surface area contributed by atoms with Crippen LogP contribution in [0.3, 0.4) is 0 Å². The Morgan fingerprint density at radius 1 is 1.03 bits per heavy atom. The van der Waals surface area contributed by atoms with Gasteiger partial charge in [0.05, 0.1) is 17.2 Å². The third-order valence-corrected chi connectivity index (χ3v) is 4.68. The summed E-state index contributed by atoms with van der Waals surface area (Å²) in [5.41, 5.74) is -2.92. The SMILES string of the molecule is CCc1ccc(O[C@](NC(=O)Nc2ccc(Cl)c(Cl)c2)(C(=O)OC)C(F)(F)F)cc1. The minimum Gasteiger partial charge on any atom is -0.464 e. The molecule has 0 saturated heterocycles. The number of anilines is 1. The number of ether oxygens (including phenoxy) is 2. The number of methoxy groups -OCH3 is 1. The molecule has 2 aromatic carbocycles. The Hall–Kier alpha value is -2.65. The van der Waals surface area contributed by atoms with Gasteiger partial charge in [0.15, 0.2) is 0 Å². The Labute approximate surface area is 180 Å². The van der Waals surface area contributed by atoms with Gasteiger partial charge in [-0.15, -0.1) is 0 Å². The van der Waals surface area contributed by atoms with E-state index in [0.717, 1.165) is 12.7 Å². The topological polar surface area (TPSA) is 76.7 Å². The second-order valence-electron chi connectivity index (χ2n) is 5.98. The smallest absolute Gasteiger partial charge is 0.460 e. The van der Waals surface area contributed by atoms with Crippen molar-refractivity contribution in [3.63, 3.8) is 0 Å². The van der Waals surface area contributed by atoms with Crippen LogP contribution >= 0.6 is 23.2 Å². The van der Waals surface area contributed by atoms with Crippen molar-refractivity contribution in [1.29, 1.82) is 0 Å². The number of amides is 2. The monoisotopic (exact) mass is 464 g/mol. The number of carbonyl (C=O) groups is 2. The van der Waals surface area contributed by atoms with E-state index in [0.29, 0.717) is 6.42 Å². The van der Waals surface area contributed by atoms with E-state index in [2.05, 4.69) is 10.1 Å².